The van der Waals surface area contributed by atoms with Crippen molar-refractivity contribution in [3.05, 3.63) is 65.5 Å². The summed E-state index contributed by atoms with van der Waals surface area (Å²) in [5, 5.41) is 3.36. The van der Waals surface area contributed by atoms with Crippen molar-refractivity contribution < 1.29 is 4.39 Å². The largest absolute Gasteiger partial charge is 0.377 e. The zero-order valence-electron chi connectivity index (χ0n) is 10.4. The smallest absolute Gasteiger partial charge is 0.123 e. The molecule has 0 aliphatic carbocycles. The summed E-state index contributed by atoms with van der Waals surface area (Å²) in [6, 6.07) is 14.7. The van der Waals surface area contributed by atoms with Crippen LogP contribution in [0.5, 0.6) is 0 Å². The maximum Gasteiger partial charge on any atom is 0.123 e. The van der Waals surface area contributed by atoms with Gasteiger partial charge >= 0.3 is 0 Å². The van der Waals surface area contributed by atoms with Gasteiger partial charge in [0.15, 0.2) is 0 Å². The van der Waals surface area contributed by atoms with Crippen LogP contribution in [0.15, 0.2) is 48.5 Å². The summed E-state index contributed by atoms with van der Waals surface area (Å²) in [5.41, 5.74) is 8.76. The highest BCUT2D eigenvalue weighted by atomic mass is 19.1. The predicted molar refractivity (Wildman–Crippen MR) is 73.0 cm³/mol. The third kappa shape index (κ3) is 2.87. The molecule has 0 aliphatic rings. The minimum atomic E-state index is -0.216. The summed E-state index contributed by atoms with van der Waals surface area (Å²) in [6.45, 7) is 2.36. The van der Waals surface area contributed by atoms with Gasteiger partial charge in [-0.25, -0.2) is 4.39 Å². The van der Waals surface area contributed by atoms with Crippen LogP contribution in [0.25, 0.3) is 0 Å². The first-order valence-electron chi connectivity index (χ1n) is 5.98. The SMILES string of the molecule is Cc1cc(F)ccc1C(CN)Nc1ccccc1. The molecular formula is C15H17FN2. The summed E-state index contributed by atoms with van der Waals surface area (Å²) in [4.78, 5) is 0. The lowest BCUT2D eigenvalue weighted by Crippen LogP contribution is -2.21. The van der Waals surface area contributed by atoms with Crippen LogP contribution in [0.4, 0.5) is 10.1 Å². The molecule has 0 heterocycles. The Morgan fingerprint density at radius 2 is 1.89 bits per heavy atom. The molecule has 2 nitrogen and oxygen atoms in total. The molecule has 1 atom stereocenters. The van der Waals surface area contributed by atoms with E-state index in [4.69, 9.17) is 5.73 Å². The number of aryl methyl sites for hydroxylation is 1. The van der Waals surface area contributed by atoms with Crippen molar-refractivity contribution in [2.45, 2.75) is 13.0 Å². The van der Waals surface area contributed by atoms with Crippen molar-refractivity contribution in [3.63, 3.8) is 0 Å². The van der Waals surface area contributed by atoms with E-state index in [0.717, 1.165) is 16.8 Å². The third-order valence-electron chi connectivity index (χ3n) is 2.96. The lowest BCUT2D eigenvalue weighted by atomic mass is 10.0. The highest BCUT2D eigenvalue weighted by Gasteiger charge is 2.12. The molecule has 0 saturated heterocycles. The van der Waals surface area contributed by atoms with Crippen LogP contribution in [0.2, 0.25) is 0 Å². The van der Waals surface area contributed by atoms with Crippen molar-refractivity contribution in [2.24, 2.45) is 5.73 Å². The van der Waals surface area contributed by atoms with Gasteiger partial charge in [-0.1, -0.05) is 24.3 Å². The molecule has 2 aromatic carbocycles. The number of anilines is 1. The molecule has 0 saturated carbocycles. The first-order chi connectivity index (χ1) is 8.70. The molecule has 3 heteroatoms. The molecule has 94 valence electrons. The van der Waals surface area contributed by atoms with Crippen LogP contribution in [-0.2, 0) is 0 Å². The highest BCUT2D eigenvalue weighted by Crippen LogP contribution is 2.22. The zero-order valence-corrected chi connectivity index (χ0v) is 10.4. The summed E-state index contributed by atoms with van der Waals surface area (Å²) >= 11 is 0. The van der Waals surface area contributed by atoms with Gasteiger partial charge in [-0.2, -0.15) is 0 Å². The van der Waals surface area contributed by atoms with Crippen LogP contribution >= 0.6 is 0 Å². The highest BCUT2D eigenvalue weighted by molar-refractivity contribution is 5.46. The Kier molecular flexibility index (Phi) is 3.95. The van der Waals surface area contributed by atoms with Crippen LogP contribution in [0.3, 0.4) is 0 Å². The van der Waals surface area contributed by atoms with Crippen molar-refractivity contribution in [1.29, 1.82) is 0 Å². The molecule has 1 unspecified atom stereocenters. The molecule has 2 aromatic rings. The number of halogens is 1. The standard InChI is InChI=1S/C15H17FN2/c1-11-9-12(16)7-8-14(11)15(10-17)18-13-5-3-2-4-6-13/h2-9,15,18H,10,17H2,1H3. The van der Waals surface area contributed by atoms with Gasteiger partial charge in [0.05, 0.1) is 6.04 Å². The second-order valence-corrected chi connectivity index (χ2v) is 4.30. The van der Waals surface area contributed by atoms with E-state index in [1.807, 2.05) is 37.3 Å². The summed E-state index contributed by atoms with van der Waals surface area (Å²) < 4.78 is 13.1. The lowest BCUT2D eigenvalue weighted by molar-refractivity contribution is 0.624. The Morgan fingerprint density at radius 1 is 1.17 bits per heavy atom. The van der Waals surface area contributed by atoms with Crippen LogP contribution < -0.4 is 11.1 Å². The number of nitrogens with one attached hydrogen (secondary N) is 1. The molecule has 0 radical (unpaired) electrons. The topological polar surface area (TPSA) is 38.0 Å². The maximum atomic E-state index is 13.1. The number of hydrogen-bond donors (Lipinski definition) is 2. The van der Waals surface area contributed by atoms with Gasteiger partial charge < -0.3 is 11.1 Å². The fourth-order valence-electron chi connectivity index (χ4n) is 2.03. The molecule has 0 fully saturated rings. The Balaban J connectivity index is 2.23. The average Bonchev–Trinajstić information content (AvgIpc) is 2.38. The molecule has 2 rings (SSSR count). The normalized spacial score (nSPS) is 12.2. The second-order valence-electron chi connectivity index (χ2n) is 4.30. The number of hydrogen-bond acceptors (Lipinski definition) is 2. The van der Waals surface area contributed by atoms with E-state index in [1.165, 1.54) is 12.1 Å². The van der Waals surface area contributed by atoms with Crippen LogP contribution in [0, 0.1) is 12.7 Å². The summed E-state index contributed by atoms with van der Waals surface area (Å²) in [6.07, 6.45) is 0. The van der Waals surface area contributed by atoms with E-state index < -0.39 is 0 Å². The van der Waals surface area contributed by atoms with Gasteiger partial charge in [0.1, 0.15) is 5.82 Å². The van der Waals surface area contributed by atoms with Gasteiger partial charge in [0.25, 0.3) is 0 Å². The maximum absolute atomic E-state index is 13.1. The van der Waals surface area contributed by atoms with Gasteiger partial charge in [-0.15, -0.1) is 0 Å². The fourth-order valence-corrected chi connectivity index (χ4v) is 2.03. The number of para-hydroxylation sites is 1. The van der Waals surface area contributed by atoms with Crippen molar-refractivity contribution in [1.82, 2.24) is 0 Å². The Labute approximate surface area is 107 Å². The Bertz CT molecular complexity index is 511. The number of benzene rings is 2. The van der Waals surface area contributed by atoms with E-state index in [1.54, 1.807) is 6.07 Å². The Morgan fingerprint density at radius 3 is 2.50 bits per heavy atom. The Hall–Kier alpha value is -1.87. The molecule has 0 spiro atoms. The van der Waals surface area contributed by atoms with Crippen molar-refractivity contribution in [3.8, 4) is 0 Å². The van der Waals surface area contributed by atoms with Crippen LogP contribution in [-0.4, -0.2) is 6.54 Å². The second kappa shape index (κ2) is 5.65. The van der Waals surface area contributed by atoms with E-state index >= 15 is 0 Å². The first-order valence-corrected chi connectivity index (χ1v) is 5.98. The molecule has 3 N–H and O–H groups in total. The van der Waals surface area contributed by atoms with Crippen molar-refractivity contribution >= 4 is 5.69 Å². The number of nitrogens with two attached hydrogens (primary N) is 1. The van der Waals surface area contributed by atoms with E-state index in [2.05, 4.69) is 5.32 Å². The van der Waals surface area contributed by atoms with Gasteiger partial charge in [0.2, 0.25) is 0 Å². The van der Waals surface area contributed by atoms with Crippen LogP contribution in [0.1, 0.15) is 17.2 Å². The predicted octanol–water partition coefficient (Wildman–Crippen LogP) is 3.25. The van der Waals surface area contributed by atoms with E-state index in [0.29, 0.717) is 6.54 Å². The number of rotatable bonds is 4. The lowest BCUT2D eigenvalue weighted by Gasteiger charge is -2.20. The molecule has 0 aliphatic heterocycles. The zero-order chi connectivity index (χ0) is 13.0. The minimum Gasteiger partial charge on any atom is -0.377 e. The molecule has 18 heavy (non-hydrogen) atoms. The van der Waals surface area contributed by atoms with E-state index in [9.17, 15) is 4.39 Å². The summed E-state index contributed by atoms with van der Waals surface area (Å²) in [7, 11) is 0. The molecular weight excluding hydrogens is 227 g/mol. The molecule has 0 aromatic heterocycles. The minimum absolute atomic E-state index is 0.00648. The molecule has 0 bridgehead atoms. The van der Waals surface area contributed by atoms with Gasteiger partial charge in [-0.3, -0.25) is 0 Å². The fraction of sp³-hybridized carbons (Fsp3) is 0.200. The van der Waals surface area contributed by atoms with Crippen molar-refractivity contribution in [2.75, 3.05) is 11.9 Å². The monoisotopic (exact) mass is 244 g/mol. The quantitative estimate of drug-likeness (QED) is 0.866. The molecule has 0 amide bonds. The van der Waals surface area contributed by atoms with Gasteiger partial charge in [0, 0.05) is 12.2 Å². The van der Waals surface area contributed by atoms with Gasteiger partial charge in [-0.05, 0) is 42.3 Å². The van der Waals surface area contributed by atoms with E-state index in [-0.39, 0.29) is 11.9 Å². The first kappa shape index (κ1) is 12.6. The summed E-state index contributed by atoms with van der Waals surface area (Å²) in [5.74, 6) is -0.216. The third-order valence-corrected chi connectivity index (χ3v) is 2.96. The average molecular weight is 244 g/mol.